The highest BCUT2D eigenvalue weighted by Gasteiger charge is 2.21. The van der Waals surface area contributed by atoms with E-state index >= 15 is 0 Å². The number of carboxylic acids is 1. The average molecular weight is 256 g/mol. The zero-order chi connectivity index (χ0) is 13.0. The molecule has 0 aliphatic heterocycles. The fourth-order valence-corrected chi connectivity index (χ4v) is 2.27. The highest BCUT2D eigenvalue weighted by molar-refractivity contribution is 7.98. The molecule has 0 aliphatic rings. The number of ether oxygens (including phenoxy) is 1. The van der Waals surface area contributed by atoms with Crippen molar-refractivity contribution in [1.82, 2.24) is 0 Å². The molecule has 1 unspecified atom stereocenters. The van der Waals surface area contributed by atoms with Crippen LogP contribution in [0.25, 0.3) is 0 Å². The number of carbonyl (C=O) groups is 1. The zero-order valence-corrected chi connectivity index (χ0v) is 10.9. The van der Waals surface area contributed by atoms with Gasteiger partial charge in [0.15, 0.2) is 6.10 Å². The van der Waals surface area contributed by atoms with E-state index in [2.05, 4.69) is 0 Å². The lowest BCUT2D eigenvalue weighted by atomic mass is 10.0. The molecule has 0 saturated heterocycles. The van der Waals surface area contributed by atoms with Crippen LogP contribution in [0.5, 0.6) is 5.75 Å². The summed E-state index contributed by atoms with van der Waals surface area (Å²) in [6.07, 6.45) is 1.12. The first kappa shape index (κ1) is 13.9. The molecule has 0 saturated carbocycles. The predicted octanol–water partition coefficient (Wildman–Crippen LogP) is 2.10. The van der Waals surface area contributed by atoms with Crippen molar-refractivity contribution in [3.63, 3.8) is 0 Å². The first-order chi connectivity index (χ1) is 8.04. The lowest BCUT2D eigenvalue weighted by molar-refractivity contribution is -0.147. The molecule has 1 rings (SSSR count). The molecular formula is C12H16O4S. The fourth-order valence-electron chi connectivity index (χ4n) is 1.61. The van der Waals surface area contributed by atoms with Crippen LogP contribution < -0.4 is 4.74 Å². The molecule has 2 N–H and O–H groups in total. The van der Waals surface area contributed by atoms with Crippen LogP contribution in [-0.4, -0.2) is 29.5 Å². The number of aliphatic hydroxyl groups is 1. The highest BCUT2D eigenvalue weighted by Crippen LogP contribution is 2.33. The minimum Gasteiger partial charge on any atom is -0.496 e. The van der Waals surface area contributed by atoms with E-state index in [-0.39, 0.29) is 0 Å². The monoisotopic (exact) mass is 256 g/mol. The lowest BCUT2D eigenvalue weighted by Crippen LogP contribution is -2.12. The van der Waals surface area contributed by atoms with E-state index in [1.165, 1.54) is 18.9 Å². The maximum Gasteiger partial charge on any atom is 0.337 e. The quantitative estimate of drug-likeness (QED) is 0.790. The van der Waals surface area contributed by atoms with Gasteiger partial charge in [-0.25, -0.2) is 4.79 Å². The number of rotatable bonds is 5. The van der Waals surface area contributed by atoms with E-state index in [4.69, 9.17) is 9.84 Å². The van der Waals surface area contributed by atoms with Gasteiger partial charge in [-0.3, -0.25) is 0 Å². The van der Waals surface area contributed by atoms with Gasteiger partial charge in [-0.1, -0.05) is 6.92 Å². The Morgan fingerprint density at radius 1 is 1.53 bits per heavy atom. The molecule has 0 aromatic heterocycles. The minimum absolute atomic E-state index is 0.374. The predicted molar refractivity (Wildman–Crippen MR) is 66.7 cm³/mol. The molecule has 1 atom stereocenters. The number of benzene rings is 1. The average Bonchev–Trinajstić information content (AvgIpc) is 2.35. The molecule has 0 heterocycles. The summed E-state index contributed by atoms with van der Waals surface area (Å²) < 4.78 is 5.19. The smallest absolute Gasteiger partial charge is 0.337 e. The van der Waals surface area contributed by atoms with Crippen LogP contribution in [0, 0.1) is 0 Å². The Labute approximate surface area is 105 Å². The molecule has 1 aromatic rings. The number of hydrogen-bond acceptors (Lipinski definition) is 4. The summed E-state index contributed by atoms with van der Waals surface area (Å²) in [6, 6.07) is 3.47. The van der Waals surface area contributed by atoms with Crippen LogP contribution in [0.1, 0.15) is 24.2 Å². The van der Waals surface area contributed by atoms with Crippen molar-refractivity contribution in [3.05, 3.63) is 23.3 Å². The molecular weight excluding hydrogens is 240 g/mol. The molecule has 1 aromatic carbocycles. The van der Waals surface area contributed by atoms with Crippen molar-refractivity contribution in [3.8, 4) is 5.75 Å². The first-order valence-corrected chi connectivity index (χ1v) is 6.43. The van der Waals surface area contributed by atoms with Gasteiger partial charge in [-0.2, -0.15) is 0 Å². The van der Waals surface area contributed by atoms with Gasteiger partial charge < -0.3 is 14.9 Å². The van der Waals surface area contributed by atoms with Gasteiger partial charge in [0, 0.05) is 10.5 Å². The Morgan fingerprint density at radius 2 is 2.18 bits per heavy atom. The Bertz CT molecular complexity index is 417. The second kappa shape index (κ2) is 5.93. The van der Waals surface area contributed by atoms with Crippen molar-refractivity contribution < 1.29 is 19.7 Å². The first-order valence-electron chi connectivity index (χ1n) is 5.20. The third-order valence-electron chi connectivity index (χ3n) is 2.54. The topological polar surface area (TPSA) is 66.8 Å². The molecule has 0 amide bonds. The number of methoxy groups -OCH3 is 1. The van der Waals surface area contributed by atoms with E-state index in [0.717, 1.165) is 16.9 Å². The number of aryl methyl sites for hydroxylation is 1. The van der Waals surface area contributed by atoms with Crippen LogP contribution in [0.4, 0.5) is 0 Å². The third kappa shape index (κ3) is 2.92. The summed E-state index contributed by atoms with van der Waals surface area (Å²) in [6.45, 7) is 2.00. The molecule has 17 heavy (non-hydrogen) atoms. The summed E-state index contributed by atoms with van der Waals surface area (Å²) in [4.78, 5) is 11.6. The van der Waals surface area contributed by atoms with E-state index in [1.54, 1.807) is 6.07 Å². The largest absolute Gasteiger partial charge is 0.496 e. The summed E-state index contributed by atoms with van der Waals surface area (Å²) >= 11 is 1.41. The van der Waals surface area contributed by atoms with Gasteiger partial charge in [0.25, 0.3) is 0 Å². The molecule has 4 nitrogen and oxygen atoms in total. The maximum absolute atomic E-state index is 10.8. The van der Waals surface area contributed by atoms with Crippen LogP contribution >= 0.6 is 11.8 Å². The zero-order valence-electron chi connectivity index (χ0n) is 10.1. The second-order valence-corrected chi connectivity index (χ2v) is 4.35. The van der Waals surface area contributed by atoms with Gasteiger partial charge in [0.1, 0.15) is 5.75 Å². The summed E-state index contributed by atoms with van der Waals surface area (Å²) in [5.41, 5.74) is 1.37. The van der Waals surface area contributed by atoms with Crippen molar-refractivity contribution in [2.45, 2.75) is 24.3 Å². The molecule has 5 heteroatoms. The number of aliphatic hydroxyl groups excluding tert-OH is 1. The number of thioether (sulfide) groups is 1. The molecule has 94 valence electrons. The van der Waals surface area contributed by atoms with Gasteiger partial charge in [0.05, 0.1) is 7.11 Å². The van der Waals surface area contributed by atoms with Gasteiger partial charge in [0.2, 0.25) is 0 Å². The Kier molecular flexibility index (Phi) is 4.84. The van der Waals surface area contributed by atoms with Crippen molar-refractivity contribution in [2.24, 2.45) is 0 Å². The highest BCUT2D eigenvalue weighted by atomic mass is 32.2. The molecule has 0 fully saturated rings. The fraction of sp³-hybridized carbons (Fsp3) is 0.417. The molecule has 0 radical (unpaired) electrons. The van der Waals surface area contributed by atoms with Crippen LogP contribution in [0.15, 0.2) is 17.0 Å². The van der Waals surface area contributed by atoms with Gasteiger partial charge >= 0.3 is 5.97 Å². The Balaban J connectivity index is 3.33. The van der Waals surface area contributed by atoms with Crippen LogP contribution in [-0.2, 0) is 11.2 Å². The Hall–Kier alpha value is -1.20. The number of carboxylic acid groups (broad SMARTS) is 1. The summed E-state index contributed by atoms with van der Waals surface area (Å²) in [7, 11) is 1.53. The van der Waals surface area contributed by atoms with Gasteiger partial charge in [-0.05, 0) is 30.4 Å². The SMILES string of the molecule is CCc1cc(SC)c(C(O)C(=O)O)cc1OC. The summed E-state index contributed by atoms with van der Waals surface area (Å²) in [5.74, 6) is -0.646. The summed E-state index contributed by atoms with van der Waals surface area (Å²) in [5, 5.41) is 18.5. The van der Waals surface area contributed by atoms with Crippen LogP contribution in [0.2, 0.25) is 0 Å². The van der Waals surface area contributed by atoms with E-state index in [9.17, 15) is 9.90 Å². The molecule has 0 aliphatic carbocycles. The van der Waals surface area contributed by atoms with E-state index in [1.807, 2.05) is 19.2 Å². The standard InChI is InChI=1S/C12H16O4S/c1-4-7-5-10(17-3)8(6-9(7)16-2)11(13)12(14)15/h5-6,11,13H,4H2,1-3H3,(H,14,15). The third-order valence-corrected chi connectivity index (χ3v) is 3.34. The maximum atomic E-state index is 10.8. The normalized spacial score (nSPS) is 12.2. The van der Waals surface area contributed by atoms with E-state index < -0.39 is 12.1 Å². The number of hydrogen-bond donors (Lipinski definition) is 2. The Morgan fingerprint density at radius 3 is 2.59 bits per heavy atom. The number of aliphatic carboxylic acids is 1. The molecule has 0 spiro atoms. The second-order valence-electron chi connectivity index (χ2n) is 3.50. The van der Waals surface area contributed by atoms with Crippen molar-refractivity contribution in [1.29, 1.82) is 0 Å². The van der Waals surface area contributed by atoms with Crippen molar-refractivity contribution >= 4 is 17.7 Å². The minimum atomic E-state index is -1.52. The van der Waals surface area contributed by atoms with Crippen LogP contribution in [0.3, 0.4) is 0 Å². The van der Waals surface area contributed by atoms with Crippen molar-refractivity contribution in [2.75, 3.05) is 13.4 Å². The van der Waals surface area contributed by atoms with Gasteiger partial charge in [-0.15, -0.1) is 11.8 Å². The van der Waals surface area contributed by atoms with E-state index in [0.29, 0.717) is 11.3 Å². The lowest BCUT2D eigenvalue weighted by Gasteiger charge is -2.15. The molecule has 0 bridgehead atoms.